The lowest BCUT2D eigenvalue weighted by atomic mass is 10.0. The first-order chi connectivity index (χ1) is 9.15. The molecule has 0 amide bonds. The van der Waals surface area contributed by atoms with Crippen LogP contribution in [0.3, 0.4) is 0 Å². The second-order valence-electron chi connectivity index (χ2n) is 5.61. The summed E-state index contributed by atoms with van der Waals surface area (Å²) in [5.41, 5.74) is 2.24. The summed E-state index contributed by atoms with van der Waals surface area (Å²) in [4.78, 5) is 2.26. The third-order valence-electron chi connectivity index (χ3n) is 3.79. The minimum absolute atomic E-state index is 0.368. The summed E-state index contributed by atoms with van der Waals surface area (Å²) in [6.07, 6.45) is 3.15. The van der Waals surface area contributed by atoms with Gasteiger partial charge in [-0.1, -0.05) is 29.8 Å². The molecule has 1 aromatic carbocycles. The fourth-order valence-electron chi connectivity index (χ4n) is 2.53. The number of ether oxygens (including phenoxy) is 1. The van der Waals surface area contributed by atoms with Gasteiger partial charge in [0.2, 0.25) is 0 Å². The standard InChI is InChI=1S/C16H25NO2/c1-13-5-7-14(8-6-13)16(18)9-10-17(2)12-15-4-3-11-19-15/h5-8,15-16,18H,3-4,9-12H2,1-2H3. The van der Waals surface area contributed by atoms with E-state index in [-0.39, 0.29) is 6.10 Å². The Bertz CT molecular complexity index is 371. The molecular formula is C16H25NO2. The zero-order valence-electron chi connectivity index (χ0n) is 12.0. The van der Waals surface area contributed by atoms with Crippen molar-refractivity contribution in [2.24, 2.45) is 0 Å². The van der Waals surface area contributed by atoms with Crippen LogP contribution in [0.1, 0.15) is 36.5 Å². The van der Waals surface area contributed by atoms with Gasteiger partial charge in [-0.15, -0.1) is 0 Å². The number of aliphatic hydroxyl groups is 1. The van der Waals surface area contributed by atoms with E-state index in [1.54, 1.807) is 0 Å². The van der Waals surface area contributed by atoms with Crippen LogP contribution in [0.2, 0.25) is 0 Å². The van der Waals surface area contributed by atoms with Crippen LogP contribution in [0.4, 0.5) is 0 Å². The normalized spacial score (nSPS) is 20.9. The lowest BCUT2D eigenvalue weighted by Gasteiger charge is -2.22. The van der Waals surface area contributed by atoms with Crippen molar-refractivity contribution in [1.82, 2.24) is 4.90 Å². The summed E-state index contributed by atoms with van der Waals surface area (Å²) in [6, 6.07) is 8.13. The zero-order valence-corrected chi connectivity index (χ0v) is 12.0. The van der Waals surface area contributed by atoms with E-state index in [9.17, 15) is 5.11 Å². The molecule has 3 heteroatoms. The van der Waals surface area contributed by atoms with Gasteiger partial charge in [0.1, 0.15) is 0 Å². The number of hydrogen-bond donors (Lipinski definition) is 1. The van der Waals surface area contributed by atoms with Crippen LogP contribution in [-0.4, -0.2) is 42.9 Å². The van der Waals surface area contributed by atoms with Gasteiger partial charge in [-0.05, 0) is 38.8 Å². The van der Waals surface area contributed by atoms with Crippen LogP contribution in [0.5, 0.6) is 0 Å². The molecule has 0 radical (unpaired) electrons. The van der Waals surface area contributed by atoms with Crippen LogP contribution < -0.4 is 0 Å². The maximum Gasteiger partial charge on any atom is 0.0802 e. The Labute approximate surface area is 116 Å². The van der Waals surface area contributed by atoms with Gasteiger partial charge < -0.3 is 14.7 Å². The highest BCUT2D eigenvalue weighted by Crippen LogP contribution is 2.18. The average Bonchev–Trinajstić information content (AvgIpc) is 2.89. The molecule has 1 fully saturated rings. The first-order valence-corrected chi connectivity index (χ1v) is 7.20. The molecule has 0 aliphatic carbocycles. The molecule has 1 N–H and O–H groups in total. The molecule has 1 heterocycles. The number of hydrogen-bond acceptors (Lipinski definition) is 3. The molecule has 0 bridgehead atoms. The van der Waals surface area contributed by atoms with Crippen molar-refractivity contribution >= 4 is 0 Å². The lowest BCUT2D eigenvalue weighted by molar-refractivity contribution is 0.0740. The predicted octanol–water partition coefficient (Wildman–Crippen LogP) is 2.53. The second-order valence-corrected chi connectivity index (χ2v) is 5.61. The number of aryl methyl sites for hydroxylation is 1. The number of aliphatic hydroxyl groups excluding tert-OH is 1. The van der Waals surface area contributed by atoms with Crippen LogP contribution in [0.25, 0.3) is 0 Å². The van der Waals surface area contributed by atoms with Crippen molar-refractivity contribution in [3.05, 3.63) is 35.4 Å². The monoisotopic (exact) mass is 263 g/mol. The van der Waals surface area contributed by atoms with Gasteiger partial charge in [0.15, 0.2) is 0 Å². The largest absolute Gasteiger partial charge is 0.388 e. The Kier molecular flexibility index (Phi) is 5.37. The van der Waals surface area contributed by atoms with Gasteiger partial charge in [-0.3, -0.25) is 0 Å². The second kappa shape index (κ2) is 7.04. The van der Waals surface area contributed by atoms with Crippen LogP contribution in [0, 0.1) is 6.92 Å². The van der Waals surface area contributed by atoms with Crippen molar-refractivity contribution in [2.45, 2.75) is 38.4 Å². The molecule has 106 valence electrons. The fourth-order valence-corrected chi connectivity index (χ4v) is 2.53. The number of benzene rings is 1. The Hall–Kier alpha value is -0.900. The Balaban J connectivity index is 1.73. The molecule has 19 heavy (non-hydrogen) atoms. The van der Waals surface area contributed by atoms with E-state index in [1.165, 1.54) is 18.4 Å². The summed E-state index contributed by atoms with van der Waals surface area (Å²) in [5.74, 6) is 0. The molecule has 1 aromatic rings. The first-order valence-electron chi connectivity index (χ1n) is 7.20. The Morgan fingerprint density at radius 2 is 2.11 bits per heavy atom. The number of rotatable bonds is 6. The van der Waals surface area contributed by atoms with Crippen molar-refractivity contribution in [3.8, 4) is 0 Å². The van der Waals surface area contributed by atoms with Gasteiger partial charge in [-0.25, -0.2) is 0 Å². The van der Waals surface area contributed by atoms with Crippen molar-refractivity contribution < 1.29 is 9.84 Å². The summed E-state index contributed by atoms with van der Waals surface area (Å²) in [6.45, 7) is 4.84. The molecule has 3 nitrogen and oxygen atoms in total. The van der Waals surface area contributed by atoms with E-state index < -0.39 is 0 Å². The minimum Gasteiger partial charge on any atom is -0.388 e. The van der Waals surface area contributed by atoms with Crippen molar-refractivity contribution in [1.29, 1.82) is 0 Å². The lowest BCUT2D eigenvalue weighted by Crippen LogP contribution is -2.30. The predicted molar refractivity (Wildman–Crippen MR) is 77.2 cm³/mol. The van der Waals surface area contributed by atoms with Gasteiger partial charge in [-0.2, -0.15) is 0 Å². The first kappa shape index (κ1) is 14.5. The smallest absolute Gasteiger partial charge is 0.0802 e. The SMILES string of the molecule is Cc1ccc(C(O)CCN(C)CC2CCCO2)cc1. The highest BCUT2D eigenvalue weighted by Gasteiger charge is 2.17. The van der Waals surface area contributed by atoms with Gasteiger partial charge >= 0.3 is 0 Å². The fraction of sp³-hybridized carbons (Fsp3) is 0.625. The maximum atomic E-state index is 10.2. The molecule has 2 unspecified atom stereocenters. The maximum absolute atomic E-state index is 10.2. The molecule has 1 aliphatic heterocycles. The van der Waals surface area contributed by atoms with E-state index in [0.29, 0.717) is 6.10 Å². The highest BCUT2D eigenvalue weighted by molar-refractivity contribution is 5.22. The van der Waals surface area contributed by atoms with E-state index in [4.69, 9.17) is 4.74 Å². The number of likely N-dealkylation sites (N-methyl/N-ethyl adjacent to an activating group) is 1. The summed E-state index contributed by atoms with van der Waals surface area (Å²) < 4.78 is 5.62. The van der Waals surface area contributed by atoms with Crippen molar-refractivity contribution in [2.75, 3.05) is 26.7 Å². The molecular weight excluding hydrogens is 238 g/mol. The number of nitrogens with zero attached hydrogens (tertiary/aromatic N) is 1. The van der Waals surface area contributed by atoms with Crippen molar-refractivity contribution in [3.63, 3.8) is 0 Å². The molecule has 1 aliphatic rings. The van der Waals surface area contributed by atoms with Gasteiger partial charge in [0, 0.05) is 19.7 Å². The van der Waals surface area contributed by atoms with Crippen LogP contribution in [0.15, 0.2) is 24.3 Å². The third-order valence-corrected chi connectivity index (χ3v) is 3.79. The molecule has 1 saturated heterocycles. The van der Waals surface area contributed by atoms with Crippen LogP contribution in [-0.2, 0) is 4.74 Å². The Morgan fingerprint density at radius 1 is 1.37 bits per heavy atom. The minimum atomic E-state index is -0.368. The van der Waals surface area contributed by atoms with E-state index in [2.05, 4.69) is 31.0 Å². The summed E-state index contributed by atoms with van der Waals surface area (Å²) in [7, 11) is 2.10. The van der Waals surface area contributed by atoms with Gasteiger partial charge in [0.05, 0.1) is 12.2 Å². The van der Waals surface area contributed by atoms with E-state index in [1.807, 2.05) is 12.1 Å². The Morgan fingerprint density at radius 3 is 2.74 bits per heavy atom. The van der Waals surface area contributed by atoms with E-state index in [0.717, 1.165) is 31.7 Å². The molecule has 0 saturated carbocycles. The van der Waals surface area contributed by atoms with Crippen LogP contribution >= 0.6 is 0 Å². The highest BCUT2D eigenvalue weighted by atomic mass is 16.5. The molecule has 2 atom stereocenters. The molecule has 2 rings (SSSR count). The zero-order chi connectivity index (χ0) is 13.7. The average molecular weight is 263 g/mol. The summed E-state index contributed by atoms with van der Waals surface area (Å²) >= 11 is 0. The topological polar surface area (TPSA) is 32.7 Å². The third kappa shape index (κ3) is 4.60. The molecule has 0 spiro atoms. The quantitative estimate of drug-likeness (QED) is 0.856. The van der Waals surface area contributed by atoms with Gasteiger partial charge in [0.25, 0.3) is 0 Å². The van der Waals surface area contributed by atoms with E-state index >= 15 is 0 Å². The summed E-state index contributed by atoms with van der Waals surface area (Å²) in [5, 5.41) is 10.2. The molecule has 0 aromatic heterocycles.